The summed E-state index contributed by atoms with van der Waals surface area (Å²) in [6.45, 7) is 1.45. The minimum Gasteiger partial charge on any atom is -0.493 e. The quantitative estimate of drug-likeness (QED) is 0.773. The van der Waals surface area contributed by atoms with E-state index >= 15 is 0 Å². The Balaban J connectivity index is 3.19. The molecule has 1 aromatic carbocycles. The molecule has 1 rings (SSSR count). The van der Waals surface area contributed by atoms with Gasteiger partial charge in [-0.25, -0.2) is 4.79 Å². The molecule has 0 spiro atoms. The molecule has 0 saturated heterocycles. The SMILES string of the molecule is COc1cc(I)c(C(=O)N(C)C(C)C(=O)O)cc1OC. The summed E-state index contributed by atoms with van der Waals surface area (Å²) in [5, 5.41) is 8.96. The maximum atomic E-state index is 12.3. The third-order valence-corrected chi connectivity index (χ3v) is 3.85. The minimum absolute atomic E-state index is 0.374. The van der Waals surface area contributed by atoms with Crippen molar-refractivity contribution in [1.29, 1.82) is 0 Å². The van der Waals surface area contributed by atoms with Gasteiger partial charge in [-0.2, -0.15) is 0 Å². The predicted molar refractivity (Wildman–Crippen MR) is 81.5 cm³/mol. The first-order chi connectivity index (χ1) is 9.33. The number of halogens is 1. The van der Waals surface area contributed by atoms with Crippen molar-refractivity contribution in [1.82, 2.24) is 4.90 Å². The zero-order chi connectivity index (χ0) is 15.4. The Morgan fingerprint density at radius 3 is 2.20 bits per heavy atom. The minimum atomic E-state index is -1.06. The molecular formula is C13H16INO5. The molecule has 1 aromatic rings. The lowest BCUT2D eigenvalue weighted by atomic mass is 10.1. The van der Waals surface area contributed by atoms with Crippen LogP contribution in [0.5, 0.6) is 11.5 Å². The van der Waals surface area contributed by atoms with E-state index in [4.69, 9.17) is 14.6 Å². The number of aliphatic carboxylic acids is 1. The van der Waals surface area contributed by atoms with Gasteiger partial charge < -0.3 is 19.5 Å². The third kappa shape index (κ3) is 3.33. The van der Waals surface area contributed by atoms with E-state index in [-0.39, 0.29) is 5.91 Å². The molecule has 0 aliphatic carbocycles. The first-order valence-electron chi connectivity index (χ1n) is 5.75. The summed E-state index contributed by atoms with van der Waals surface area (Å²) in [6.07, 6.45) is 0. The number of benzene rings is 1. The second-order valence-corrected chi connectivity index (χ2v) is 5.28. The summed E-state index contributed by atoms with van der Waals surface area (Å²) < 4.78 is 11.0. The Morgan fingerprint density at radius 1 is 1.25 bits per heavy atom. The summed E-state index contributed by atoms with van der Waals surface area (Å²) in [4.78, 5) is 24.5. The number of carboxylic acid groups (broad SMARTS) is 1. The Bertz CT molecular complexity index is 532. The van der Waals surface area contributed by atoms with Crippen molar-refractivity contribution in [2.75, 3.05) is 21.3 Å². The number of likely N-dealkylation sites (N-methyl/N-ethyl adjacent to an activating group) is 1. The number of ether oxygens (including phenoxy) is 2. The number of amides is 1. The van der Waals surface area contributed by atoms with E-state index in [2.05, 4.69) is 0 Å². The number of hydrogen-bond acceptors (Lipinski definition) is 4. The molecule has 0 radical (unpaired) electrons. The van der Waals surface area contributed by atoms with Crippen LogP contribution in [-0.4, -0.2) is 49.2 Å². The number of methoxy groups -OCH3 is 2. The number of carboxylic acids is 1. The molecule has 0 fully saturated rings. The average molecular weight is 393 g/mol. The summed E-state index contributed by atoms with van der Waals surface area (Å²) in [5.74, 6) is -0.503. The predicted octanol–water partition coefficient (Wildman–Crippen LogP) is 1.85. The zero-order valence-electron chi connectivity index (χ0n) is 11.6. The standard InChI is InChI=1S/C13H16INO5/c1-7(13(17)18)15(2)12(16)8-5-10(19-3)11(20-4)6-9(8)14/h5-7H,1-4H3,(H,17,18). The molecule has 1 atom stereocenters. The molecule has 0 bridgehead atoms. The van der Waals surface area contributed by atoms with Gasteiger partial charge in [0.15, 0.2) is 11.5 Å². The van der Waals surface area contributed by atoms with Crippen LogP contribution in [0.25, 0.3) is 0 Å². The summed E-state index contributed by atoms with van der Waals surface area (Å²) in [7, 11) is 4.44. The van der Waals surface area contributed by atoms with Crippen molar-refractivity contribution in [2.24, 2.45) is 0 Å². The Morgan fingerprint density at radius 2 is 1.75 bits per heavy atom. The van der Waals surface area contributed by atoms with Gasteiger partial charge in [-0.3, -0.25) is 4.79 Å². The van der Waals surface area contributed by atoms with E-state index in [1.54, 1.807) is 12.1 Å². The molecule has 1 unspecified atom stereocenters. The zero-order valence-corrected chi connectivity index (χ0v) is 13.8. The van der Waals surface area contributed by atoms with Crippen molar-refractivity contribution in [2.45, 2.75) is 13.0 Å². The Kier molecular flexibility index (Phi) is 5.61. The molecular weight excluding hydrogens is 377 g/mol. The van der Waals surface area contributed by atoms with Crippen LogP contribution in [-0.2, 0) is 4.79 Å². The fourth-order valence-corrected chi connectivity index (χ4v) is 2.22. The van der Waals surface area contributed by atoms with E-state index < -0.39 is 12.0 Å². The number of rotatable bonds is 5. The summed E-state index contributed by atoms with van der Waals surface area (Å²) in [6, 6.07) is 2.31. The number of carbonyl (C=O) groups excluding carboxylic acids is 1. The monoisotopic (exact) mass is 393 g/mol. The largest absolute Gasteiger partial charge is 0.493 e. The first kappa shape index (κ1) is 16.5. The van der Waals surface area contributed by atoms with E-state index in [0.717, 1.165) is 0 Å². The Hall–Kier alpha value is -1.51. The van der Waals surface area contributed by atoms with Crippen molar-refractivity contribution < 1.29 is 24.2 Å². The van der Waals surface area contributed by atoms with E-state index in [1.807, 2.05) is 22.6 Å². The van der Waals surface area contributed by atoms with Crippen molar-refractivity contribution in [3.8, 4) is 11.5 Å². The van der Waals surface area contributed by atoms with Gasteiger partial charge in [-0.1, -0.05) is 0 Å². The van der Waals surface area contributed by atoms with Crippen molar-refractivity contribution in [3.63, 3.8) is 0 Å². The van der Waals surface area contributed by atoms with Gasteiger partial charge in [0.25, 0.3) is 5.91 Å². The molecule has 7 heteroatoms. The van der Waals surface area contributed by atoms with Crippen LogP contribution in [0.3, 0.4) is 0 Å². The smallest absolute Gasteiger partial charge is 0.326 e. The van der Waals surface area contributed by atoms with E-state index in [1.165, 1.54) is 33.1 Å². The van der Waals surface area contributed by atoms with Gasteiger partial charge in [-0.05, 0) is 41.6 Å². The maximum Gasteiger partial charge on any atom is 0.326 e. The second kappa shape index (κ2) is 6.78. The molecule has 0 aromatic heterocycles. The molecule has 0 saturated carbocycles. The fourth-order valence-electron chi connectivity index (χ4n) is 1.55. The van der Waals surface area contributed by atoms with Crippen LogP contribution < -0.4 is 9.47 Å². The summed E-state index contributed by atoms with van der Waals surface area (Å²) >= 11 is 2.00. The number of carbonyl (C=O) groups is 2. The second-order valence-electron chi connectivity index (χ2n) is 4.12. The highest BCUT2D eigenvalue weighted by Crippen LogP contribution is 2.31. The van der Waals surface area contributed by atoms with Gasteiger partial charge in [0.05, 0.1) is 19.8 Å². The Labute approximate surface area is 130 Å². The van der Waals surface area contributed by atoms with E-state index in [0.29, 0.717) is 20.6 Å². The van der Waals surface area contributed by atoms with Crippen LogP contribution in [0.2, 0.25) is 0 Å². The lowest BCUT2D eigenvalue weighted by Crippen LogP contribution is -2.40. The normalized spacial score (nSPS) is 11.7. The van der Waals surface area contributed by atoms with Crippen LogP contribution in [0, 0.1) is 3.57 Å². The third-order valence-electron chi connectivity index (χ3n) is 2.96. The highest BCUT2D eigenvalue weighted by Gasteiger charge is 2.25. The fraction of sp³-hybridized carbons (Fsp3) is 0.385. The highest BCUT2D eigenvalue weighted by molar-refractivity contribution is 14.1. The summed E-state index contributed by atoms with van der Waals surface area (Å²) in [5.41, 5.74) is 0.374. The molecule has 20 heavy (non-hydrogen) atoms. The molecule has 110 valence electrons. The van der Waals surface area contributed by atoms with Crippen LogP contribution in [0.4, 0.5) is 0 Å². The van der Waals surface area contributed by atoms with Crippen LogP contribution in [0.15, 0.2) is 12.1 Å². The molecule has 0 aliphatic heterocycles. The molecule has 0 heterocycles. The van der Waals surface area contributed by atoms with Crippen LogP contribution >= 0.6 is 22.6 Å². The van der Waals surface area contributed by atoms with Crippen molar-refractivity contribution >= 4 is 34.5 Å². The number of nitrogens with zero attached hydrogens (tertiary/aromatic N) is 1. The average Bonchev–Trinajstić information content (AvgIpc) is 2.44. The number of hydrogen-bond donors (Lipinski definition) is 1. The van der Waals surface area contributed by atoms with Gasteiger partial charge in [0, 0.05) is 10.6 Å². The lowest BCUT2D eigenvalue weighted by molar-refractivity contribution is -0.141. The molecule has 0 aliphatic rings. The van der Waals surface area contributed by atoms with Gasteiger partial charge in [0.2, 0.25) is 0 Å². The molecule has 1 N–H and O–H groups in total. The van der Waals surface area contributed by atoms with Gasteiger partial charge >= 0.3 is 5.97 Å². The van der Waals surface area contributed by atoms with Crippen LogP contribution in [0.1, 0.15) is 17.3 Å². The van der Waals surface area contributed by atoms with Crippen molar-refractivity contribution in [3.05, 3.63) is 21.3 Å². The molecule has 1 amide bonds. The lowest BCUT2D eigenvalue weighted by Gasteiger charge is -2.22. The highest BCUT2D eigenvalue weighted by atomic mass is 127. The molecule has 6 nitrogen and oxygen atoms in total. The topological polar surface area (TPSA) is 76.1 Å². The first-order valence-corrected chi connectivity index (χ1v) is 6.82. The van der Waals surface area contributed by atoms with Gasteiger partial charge in [-0.15, -0.1) is 0 Å². The van der Waals surface area contributed by atoms with Gasteiger partial charge in [0.1, 0.15) is 6.04 Å². The van der Waals surface area contributed by atoms with E-state index in [9.17, 15) is 9.59 Å². The maximum absolute atomic E-state index is 12.3.